The first-order chi connectivity index (χ1) is 3.63. The van der Waals surface area contributed by atoms with Crippen LogP contribution in [-0.4, -0.2) is 22.1 Å². The smallest absolute Gasteiger partial charge is 0.0997 e. The van der Waals surface area contributed by atoms with E-state index < -0.39 is 0 Å². The highest BCUT2D eigenvalue weighted by atomic mass is 16.6. The molecular weight excluding hydrogens is 106 g/mol. The lowest BCUT2D eigenvalue weighted by Gasteiger charge is -2.20. The summed E-state index contributed by atoms with van der Waals surface area (Å²) >= 11 is 0. The first-order valence-electron chi connectivity index (χ1n) is 2.42. The minimum absolute atomic E-state index is 0.361. The third-order valence-corrected chi connectivity index (χ3v) is 1.08. The summed E-state index contributed by atoms with van der Waals surface area (Å²) in [6.07, 6.45) is 1.63. The van der Waals surface area contributed by atoms with E-state index in [0.29, 0.717) is 0 Å². The quantitative estimate of drug-likeness (QED) is 0.465. The van der Waals surface area contributed by atoms with Crippen molar-refractivity contribution in [3.05, 3.63) is 0 Å². The molecule has 0 aliphatic carbocycles. The second kappa shape index (κ2) is 1.43. The van der Waals surface area contributed by atoms with E-state index in [2.05, 4.69) is 10.6 Å². The van der Waals surface area contributed by atoms with Gasteiger partial charge in [-0.2, -0.15) is 5.10 Å². The second-order valence-electron chi connectivity index (χ2n) is 2.32. The van der Waals surface area contributed by atoms with Crippen molar-refractivity contribution in [3.8, 4) is 0 Å². The molecule has 0 aromatic rings. The molecule has 8 heavy (non-hydrogen) atoms. The molecule has 1 rings (SSSR count). The van der Waals surface area contributed by atoms with Gasteiger partial charge in [-0.3, -0.25) is 5.21 Å². The summed E-state index contributed by atoms with van der Waals surface area (Å²) in [5.74, 6) is 0. The van der Waals surface area contributed by atoms with Crippen LogP contribution in [0.4, 0.5) is 0 Å². The molecule has 0 saturated carbocycles. The lowest BCUT2D eigenvalue weighted by Crippen LogP contribution is -2.43. The summed E-state index contributed by atoms with van der Waals surface area (Å²) in [5.41, 5.74) is 2.01. The van der Waals surface area contributed by atoms with Crippen molar-refractivity contribution >= 4 is 6.21 Å². The van der Waals surface area contributed by atoms with Crippen LogP contribution in [0.15, 0.2) is 5.10 Å². The van der Waals surface area contributed by atoms with E-state index >= 15 is 0 Å². The van der Waals surface area contributed by atoms with Crippen molar-refractivity contribution in [1.29, 1.82) is 0 Å². The van der Waals surface area contributed by atoms with Crippen molar-refractivity contribution in [3.63, 3.8) is 0 Å². The van der Waals surface area contributed by atoms with Gasteiger partial charge in [-0.15, -0.1) is 0 Å². The highest BCUT2D eigenvalue weighted by Crippen LogP contribution is 2.09. The Morgan fingerprint density at radius 2 is 2.38 bits per heavy atom. The molecule has 4 heteroatoms. The molecule has 0 radical (unpaired) electrons. The molecule has 1 heterocycles. The number of nitrogens with zero attached hydrogens (tertiary/aromatic N) is 2. The predicted octanol–water partition coefficient (Wildman–Crippen LogP) is -0.0398. The minimum atomic E-state index is -0.361. The Morgan fingerprint density at radius 3 is 2.50 bits per heavy atom. The number of hydrogen-bond acceptors (Lipinski definition) is 4. The summed E-state index contributed by atoms with van der Waals surface area (Å²) in [6, 6.07) is 0. The maximum Gasteiger partial charge on any atom is 0.0997 e. The monoisotopic (exact) mass is 115 g/mol. The van der Waals surface area contributed by atoms with Gasteiger partial charge in [0.1, 0.15) is 0 Å². The van der Waals surface area contributed by atoms with Gasteiger partial charge in [0, 0.05) is 0 Å². The van der Waals surface area contributed by atoms with Gasteiger partial charge < -0.3 is 0 Å². The van der Waals surface area contributed by atoms with Crippen LogP contribution < -0.4 is 5.53 Å². The molecule has 1 aliphatic heterocycles. The van der Waals surface area contributed by atoms with Crippen molar-refractivity contribution < 1.29 is 5.21 Å². The lowest BCUT2D eigenvalue weighted by molar-refractivity contribution is -0.168. The number of nitrogens with one attached hydrogen (secondary N) is 1. The summed E-state index contributed by atoms with van der Waals surface area (Å²) < 4.78 is 0. The number of hydrazine groups is 1. The molecule has 2 N–H and O–H groups in total. The van der Waals surface area contributed by atoms with Crippen LogP contribution in [0.2, 0.25) is 0 Å². The van der Waals surface area contributed by atoms with E-state index in [1.807, 2.05) is 13.8 Å². The molecule has 46 valence electrons. The van der Waals surface area contributed by atoms with E-state index in [9.17, 15) is 0 Å². The lowest BCUT2D eigenvalue weighted by atomic mass is 10.1. The van der Waals surface area contributed by atoms with Crippen LogP contribution in [0.5, 0.6) is 0 Å². The van der Waals surface area contributed by atoms with Crippen molar-refractivity contribution in [2.45, 2.75) is 19.4 Å². The number of hydrogen-bond donors (Lipinski definition) is 2. The molecule has 0 bridgehead atoms. The summed E-state index contributed by atoms with van der Waals surface area (Å²) in [4.78, 5) is 0. The van der Waals surface area contributed by atoms with Crippen LogP contribution in [0.3, 0.4) is 0 Å². The first-order valence-corrected chi connectivity index (χ1v) is 2.42. The molecule has 0 amide bonds. The Balaban J connectivity index is 2.67. The Hall–Kier alpha value is -0.610. The van der Waals surface area contributed by atoms with Crippen molar-refractivity contribution in [2.24, 2.45) is 5.10 Å². The van der Waals surface area contributed by atoms with Crippen molar-refractivity contribution in [1.82, 2.24) is 10.7 Å². The standard InChI is InChI=1S/C4H9N3O/c1-4(2)3-5-6-7(4)8/h3,6,8H,1-2H3. The average molecular weight is 115 g/mol. The van der Waals surface area contributed by atoms with Crippen molar-refractivity contribution in [2.75, 3.05) is 0 Å². The molecule has 0 aromatic carbocycles. The maximum absolute atomic E-state index is 8.85. The zero-order valence-electron chi connectivity index (χ0n) is 4.92. The maximum atomic E-state index is 8.85. The van der Waals surface area contributed by atoms with Crippen LogP contribution in [0.25, 0.3) is 0 Å². The zero-order valence-corrected chi connectivity index (χ0v) is 4.92. The van der Waals surface area contributed by atoms with Gasteiger partial charge in [-0.25, -0.2) is 5.53 Å². The van der Waals surface area contributed by atoms with Gasteiger partial charge in [-0.05, 0) is 13.8 Å². The van der Waals surface area contributed by atoms with E-state index in [-0.39, 0.29) is 5.54 Å². The Kier molecular flexibility index (Phi) is 0.988. The van der Waals surface area contributed by atoms with Gasteiger partial charge in [0.25, 0.3) is 0 Å². The molecule has 0 unspecified atom stereocenters. The van der Waals surface area contributed by atoms with Gasteiger partial charge in [0.05, 0.1) is 11.8 Å². The fraction of sp³-hybridized carbons (Fsp3) is 0.750. The molecule has 0 aromatic heterocycles. The zero-order chi connectivity index (χ0) is 6.20. The fourth-order valence-corrected chi connectivity index (χ4v) is 0.425. The third-order valence-electron chi connectivity index (χ3n) is 1.08. The Morgan fingerprint density at radius 1 is 1.75 bits per heavy atom. The predicted molar refractivity (Wildman–Crippen MR) is 29.3 cm³/mol. The summed E-state index contributed by atoms with van der Waals surface area (Å²) in [7, 11) is 0. The topological polar surface area (TPSA) is 47.9 Å². The fourth-order valence-electron chi connectivity index (χ4n) is 0.425. The molecule has 0 spiro atoms. The van der Waals surface area contributed by atoms with E-state index in [1.54, 1.807) is 6.21 Å². The second-order valence-corrected chi connectivity index (χ2v) is 2.32. The average Bonchev–Trinajstić information content (AvgIpc) is 1.86. The highest BCUT2D eigenvalue weighted by molar-refractivity contribution is 5.69. The largest absolute Gasteiger partial charge is 0.293 e. The molecule has 4 nitrogen and oxygen atoms in total. The van der Waals surface area contributed by atoms with Gasteiger partial charge in [0.2, 0.25) is 0 Å². The Bertz CT molecular complexity index is 120. The molecular formula is C4H9N3O. The van der Waals surface area contributed by atoms with E-state index in [1.165, 1.54) is 0 Å². The molecule has 0 saturated heterocycles. The summed E-state index contributed by atoms with van der Waals surface area (Å²) in [6.45, 7) is 3.69. The number of rotatable bonds is 0. The summed E-state index contributed by atoms with van der Waals surface area (Å²) in [5, 5.41) is 13.4. The van der Waals surface area contributed by atoms with Crippen LogP contribution in [-0.2, 0) is 0 Å². The molecule has 0 atom stereocenters. The van der Waals surface area contributed by atoms with Crippen LogP contribution in [0.1, 0.15) is 13.8 Å². The van der Waals surface area contributed by atoms with Gasteiger partial charge in [-0.1, -0.05) is 5.17 Å². The SMILES string of the molecule is CC1(C)C=NNN1O. The molecule has 0 fully saturated rings. The number of hydroxylamine groups is 1. The third kappa shape index (κ3) is 0.677. The van der Waals surface area contributed by atoms with Gasteiger partial charge >= 0.3 is 0 Å². The van der Waals surface area contributed by atoms with E-state index in [4.69, 9.17) is 5.21 Å². The Labute approximate surface area is 47.7 Å². The normalized spacial score (nSPS) is 25.9. The first kappa shape index (κ1) is 5.53. The van der Waals surface area contributed by atoms with Crippen LogP contribution in [0, 0.1) is 0 Å². The number of hydrazone groups is 1. The van der Waals surface area contributed by atoms with Gasteiger partial charge in [0.15, 0.2) is 0 Å². The molecule has 1 aliphatic rings. The van der Waals surface area contributed by atoms with Crippen LogP contribution >= 0.6 is 0 Å². The highest BCUT2D eigenvalue weighted by Gasteiger charge is 2.27. The minimum Gasteiger partial charge on any atom is -0.293 e. The van der Waals surface area contributed by atoms with E-state index in [0.717, 1.165) is 5.17 Å².